The highest BCUT2D eigenvalue weighted by Gasteiger charge is 2.42. The average Bonchev–Trinajstić information content (AvgIpc) is 2.99. The van der Waals surface area contributed by atoms with Crippen molar-refractivity contribution in [3.63, 3.8) is 0 Å². The summed E-state index contributed by atoms with van der Waals surface area (Å²) >= 11 is 0. The molecule has 0 aliphatic heterocycles. The number of carbonyl (C=O) groups is 1. The molecular weight excluding hydrogens is 290 g/mol. The minimum absolute atomic E-state index is 0.221. The molecule has 23 heavy (non-hydrogen) atoms. The third-order valence-electron chi connectivity index (χ3n) is 4.69. The quantitative estimate of drug-likeness (QED) is 0.675. The van der Waals surface area contributed by atoms with Crippen LogP contribution < -0.4 is 5.73 Å². The second kappa shape index (κ2) is 6.05. The number of hydrogen-bond acceptors (Lipinski definition) is 4. The molecule has 3 N–H and O–H groups in total. The van der Waals surface area contributed by atoms with Crippen LogP contribution >= 0.6 is 0 Å². The first kappa shape index (κ1) is 15.6. The van der Waals surface area contributed by atoms with Crippen molar-refractivity contribution in [2.45, 2.75) is 24.9 Å². The Bertz CT molecular complexity index is 694. The first-order chi connectivity index (χ1) is 11.0. The van der Waals surface area contributed by atoms with Gasteiger partial charge in [-0.15, -0.1) is 0 Å². The monoisotopic (exact) mass is 311 g/mol. The summed E-state index contributed by atoms with van der Waals surface area (Å²) in [7, 11) is 1.39. The fraction of sp³-hybridized carbons (Fsp3) is 0.316. The van der Waals surface area contributed by atoms with Gasteiger partial charge in [0.25, 0.3) is 0 Å². The predicted molar refractivity (Wildman–Crippen MR) is 89.5 cm³/mol. The third kappa shape index (κ3) is 3.08. The van der Waals surface area contributed by atoms with Crippen molar-refractivity contribution in [1.29, 1.82) is 0 Å². The fourth-order valence-corrected chi connectivity index (χ4v) is 3.30. The molecule has 1 saturated carbocycles. The lowest BCUT2D eigenvalue weighted by molar-refractivity contribution is -0.145. The molecule has 0 amide bonds. The summed E-state index contributed by atoms with van der Waals surface area (Å²) in [6.07, 6.45) is 1.65. The van der Waals surface area contributed by atoms with E-state index in [1.54, 1.807) is 0 Å². The van der Waals surface area contributed by atoms with Crippen LogP contribution in [0.2, 0.25) is 0 Å². The lowest BCUT2D eigenvalue weighted by Crippen LogP contribution is -2.23. The van der Waals surface area contributed by atoms with E-state index in [0.717, 1.165) is 22.4 Å². The van der Waals surface area contributed by atoms with Crippen LogP contribution in [0.4, 0.5) is 5.69 Å². The Hall–Kier alpha value is -2.33. The van der Waals surface area contributed by atoms with Crippen LogP contribution in [-0.2, 0) is 15.1 Å². The number of anilines is 1. The first-order valence-corrected chi connectivity index (χ1v) is 7.78. The molecule has 0 heterocycles. The Morgan fingerprint density at radius 2 is 1.70 bits per heavy atom. The highest BCUT2D eigenvalue weighted by molar-refractivity contribution is 5.73. The second-order valence-corrected chi connectivity index (χ2v) is 6.19. The molecule has 3 rings (SSSR count). The maximum atomic E-state index is 11.7. The van der Waals surface area contributed by atoms with Gasteiger partial charge in [-0.05, 0) is 48.1 Å². The molecule has 0 aromatic heterocycles. The number of methoxy groups -OCH3 is 1. The summed E-state index contributed by atoms with van der Waals surface area (Å²) in [6, 6.07) is 15.5. The molecule has 2 atom stereocenters. The minimum Gasteiger partial charge on any atom is -0.469 e. The van der Waals surface area contributed by atoms with Gasteiger partial charge in [0.1, 0.15) is 0 Å². The molecule has 0 radical (unpaired) electrons. The molecule has 120 valence electrons. The van der Waals surface area contributed by atoms with Gasteiger partial charge in [-0.2, -0.15) is 0 Å². The van der Waals surface area contributed by atoms with Gasteiger partial charge in [-0.3, -0.25) is 4.79 Å². The van der Waals surface area contributed by atoms with E-state index in [0.29, 0.717) is 19.3 Å². The molecule has 0 spiro atoms. The summed E-state index contributed by atoms with van der Waals surface area (Å²) in [5, 5.41) is 10.9. The van der Waals surface area contributed by atoms with Gasteiger partial charge in [0.05, 0.1) is 18.6 Å². The Balaban J connectivity index is 1.79. The number of ether oxygens (including phenoxy) is 1. The van der Waals surface area contributed by atoms with E-state index in [-0.39, 0.29) is 11.9 Å². The molecule has 0 bridgehead atoms. The fourth-order valence-electron chi connectivity index (χ4n) is 3.30. The van der Waals surface area contributed by atoms with Crippen molar-refractivity contribution in [2.75, 3.05) is 12.8 Å². The van der Waals surface area contributed by atoms with E-state index >= 15 is 0 Å². The number of esters is 1. The van der Waals surface area contributed by atoms with Gasteiger partial charge in [-0.1, -0.05) is 36.4 Å². The zero-order valence-corrected chi connectivity index (χ0v) is 13.2. The van der Waals surface area contributed by atoms with Gasteiger partial charge < -0.3 is 15.6 Å². The van der Waals surface area contributed by atoms with Crippen molar-refractivity contribution < 1.29 is 14.6 Å². The highest BCUT2D eigenvalue weighted by atomic mass is 16.5. The van der Waals surface area contributed by atoms with Crippen LogP contribution in [0.15, 0.2) is 48.5 Å². The van der Waals surface area contributed by atoms with Crippen LogP contribution in [-0.4, -0.2) is 18.2 Å². The molecule has 0 saturated heterocycles. The van der Waals surface area contributed by atoms with E-state index in [2.05, 4.69) is 0 Å². The van der Waals surface area contributed by atoms with Crippen molar-refractivity contribution in [3.8, 4) is 11.1 Å². The third-order valence-corrected chi connectivity index (χ3v) is 4.69. The molecular formula is C19H21NO3. The largest absolute Gasteiger partial charge is 0.469 e. The number of aliphatic hydroxyl groups is 1. The zero-order chi connectivity index (χ0) is 16.4. The Morgan fingerprint density at radius 3 is 2.26 bits per heavy atom. The normalized spacial score (nSPS) is 23.7. The predicted octanol–water partition coefficient (Wildman–Crippen LogP) is 3.10. The number of nitrogen functional groups attached to an aromatic ring is 1. The number of rotatable bonds is 3. The maximum Gasteiger partial charge on any atom is 0.308 e. The van der Waals surface area contributed by atoms with E-state index in [4.69, 9.17) is 10.5 Å². The molecule has 1 fully saturated rings. The average molecular weight is 311 g/mol. The highest BCUT2D eigenvalue weighted by Crippen LogP contribution is 2.42. The van der Waals surface area contributed by atoms with Gasteiger partial charge in [0, 0.05) is 5.69 Å². The van der Waals surface area contributed by atoms with Crippen molar-refractivity contribution >= 4 is 11.7 Å². The number of carbonyl (C=O) groups excluding carboxylic acids is 1. The van der Waals surface area contributed by atoms with E-state index in [9.17, 15) is 9.90 Å². The van der Waals surface area contributed by atoms with Crippen molar-refractivity contribution in [3.05, 3.63) is 54.1 Å². The van der Waals surface area contributed by atoms with Crippen LogP contribution in [0.3, 0.4) is 0 Å². The Labute approximate surface area is 135 Å². The standard InChI is InChI=1S/C19H21NO3/c1-23-18(21)15-10-11-19(22,12-15)16-6-2-13(3-7-16)14-4-8-17(20)9-5-14/h2-9,15,22H,10-12,20H2,1H3. The molecule has 4 heteroatoms. The summed E-state index contributed by atoms with van der Waals surface area (Å²) in [6.45, 7) is 0. The van der Waals surface area contributed by atoms with Gasteiger partial charge in [0.2, 0.25) is 0 Å². The summed E-state index contributed by atoms with van der Waals surface area (Å²) < 4.78 is 4.79. The first-order valence-electron chi connectivity index (χ1n) is 7.78. The van der Waals surface area contributed by atoms with E-state index < -0.39 is 5.60 Å². The van der Waals surface area contributed by atoms with E-state index in [1.165, 1.54) is 7.11 Å². The summed E-state index contributed by atoms with van der Waals surface area (Å²) in [5.74, 6) is -0.457. The maximum absolute atomic E-state index is 11.7. The van der Waals surface area contributed by atoms with Crippen molar-refractivity contribution in [1.82, 2.24) is 0 Å². The second-order valence-electron chi connectivity index (χ2n) is 6.19. The minimum atomic E-state index is -0.946. The lowest BCUT2D eigenvalue weighted by Gasteiger charge is -2.23. The topological polar surface area (TPSA) is 72.5 Å². The van der Waals surface area contributed by atoms with Gasteiger partial charge in [-0.25, -0.2) is 0 Å². The molecule has 4 nitrogen and oxygen atoms in total. The molecule has 1 aliphatic carbocycles. The van der Waals surface area contributed by atoms with Crippen LogP contribution in [0.5, 0.6) is 0 Å². The van der Waals surface area contributed by atoms with Gasteiger partial charge in [0.15, 0.2) is 0 Å². The number of hydrogen-bond donors (Lipinski definition) is 2. The number of benzene rings is 2. The van der Waals surface area contributed by atoms with Crippen LogP contribution in [0.25, 0.3) is 11.1 Å². The SMILES string of the molecule is COC(=O)C1CCC(O)(c2ccc(-c3ccc(N)cc3)cc2)C1. The van der Waals surface area contributed by atoms with Crippen LogP contribution in [0, 0.1) is 5.92 Å². The van der Waals surface area contributed by atoms with E-state index in [1.807, 2.05) is 48.5 Å². The molecule has 2 aromatic carbocycles. The van der Waals surface area contributed by atoms with Crippen molar-refractivity contribution in [2.24, 2.45) is 5.92 Å². The smallest absolute Gasteiger partial charge is 0.308 e. The van der Waals surface area contributed by atoms with Crippen LogP contribution in [0.1, 0.15) is 24.8 Å². The number of nitrogens with two attached hydrogens (primary N) is 1. The summed E-state index contributed by atoms with van der Waals surface area (Å²) in [4.78, 5) is 11.7. The van der Waals surface area contributed by atoms with Gasteiger partial charge >= 0.3 is 5.97 Å². The summed E-state index contributed by atoms with van der Waals surface area (Å²) in [5.41, 5.74) is 8.50. The molecule has 2 unspecified atom stereocenters. The molecule has 2 aromatic rings. The Kier molecular flexibility index (Phi) is 4.09. The Morgan fingerprint density at radius 1 is 1.13 bits per heavy atom. The lowest BCUT2D eigenvalue weighted by atomic mass is 9.90. The molecule has 1 aliphatic rings. The zero-order valence-electron chi connectivity index (χ0n) is 13.2.